The molecule has 0 fully saturated rings. The minimum absolute atomic E-state index is 0.513. The summed E-state index contributed by atoms with van der Waals surface area (Å²) in [6.07, 6.45) is 2.08. The molecule has 0 saturated heterocycles. The Balaban J connectivity index is 3.17. The average Bonchev–Trinajstić information content (AvgIpc) is 1.63. The average molecular weight is 225 g/mol. The van der Waals surface area contributed by atoms with E-state index in [1.54, 1.807) is 0 Å². The molecule has 0 aliphatic heterocycles. The van der Waals surface area contributed by atoms with E-state index in [-0.39, 0.29) is 0 Å². The molecule has 54 valence electrons. The van der Waals surface area contributed by atoms with Crippen molar-refractivity contribution in [3.05, 3.63) is 0 Å². The zero-order valence-corrected chi connectivity index (χ0v) is 8.57. The molecule has 0 aromatic carbocycles. The van der Waals surface area contributed by atoms with E-state index in [9.17, 15) is 4.79 Å². The van der Waals surface area contributed by atoms with Gasteiger partial charge in [-0.1, -0.05) is 0 Å². The van der Waals surface area contributed by atoms with E-state index in [1.807, 2.05) is 0 Å². The normalized spacial score (nSPS) is 11.4. The summed E-state index contributed by atoms with van der Waals surface area (Å²) < 4.78 is 0.628. The maximum absolute atomic E-state index is 9.78. The van der Waals surface area contributed by atoms with Gasteiger partial charge in [0.2, 0.25) is 0 Å². The molecule has 0 unspecified atom stereocenters. The van der Waals surface area contributed by atoms with Crippen LogP contribution in [0.1, 0.15) is 12.8 Å². The van der Waals surface area contributed by atoms with Crippen molar-refractivity contribution in [2.24, 2.45) is 0 Å². The fourth-order valence-corrected chi connectivity index (χ4v) is 2.98. The van der Waals surface area contributed by atoms with Crippen LogP contribution in [0.15, 0.2) is 0 Å². The van der Waals surface area contributed by atoms with Crippen molar-refractivity contribution in [1.29, 1.82) is 0 Å². The van der Waals surface area contributed by atoms with Crippen LogP contribution in [0.4, 0.5) is 0 Å². The number of aldehydes is 1. The van der Waals surface area contributed by atoms with Crippen molar-refractivity contribution in [3.8, 4) is 0 Å². The third-order valence-electron chi connectivity index (χ3n) is 0.782. The fourth-order valence-electron chi connectivity index (χ4n) is 0.386. The van der Waals surface area contributed by atoms with E-state index in [1.165, 1.54) is 0 Å². The predicted octanol–water partition coefficient (Wildman–Crippen LogP) is 3.00. The first-order valence-corrected chi connectivity index (χ1v) is 10.1. The Labute approximate surface area is 69.6 Å². The van der Waals surface area contributed by atoms with Gasteiger partial charge in [-0.15, -0.1) is 0 Å². The second kappa shape index (κ2) is 4.98. The van der Waals surface area contributed by atoms with Gasteiger partial charge in [0.25, 0.3) is 0 Å². The van der Waals surface area contributed by atoms with Crippen LogP contribution >= 0.6 is 27.9 Å². The van der Waals surface area contributed by atoms with Crippen LogP contribution in [0, 0.1) is 0 Å². The van der Waals surface area contributed by atoms with Crippen molar-refractivity contribution in [3.63, 3.8) is 0 Å². The summed E-state index contributed by atoms with van der Waals surface area (Å²) in [5, 5.41) is 0. The second-order valence-corrected chi connectivity index (χ2v) is 14.8. The van der Waals surface area contributed by atoms with Crippen LogP contribution < -0.4 is 0 Å². The van der Waals surface area contributed by atoms with Crippen LogP contribution in [0.25, 0.3) is 0 Å². The Morgan fingerprint density at radius 1 is 1.33 bits per heavy atom. The molecule has 5 heteroatoms. The number of unbranched alkanes of at least 4 members (excludes halogenated alkanes) is 1. The van der Waals surface area contributed by atoms with E-state index in [0.717, 1.165) is 12.7 Å². The van der Waals surface area contributed by atoms with E-state index in [4.69, 9.17) is 27.9 Å². The number of rotatable bonds is 4. The molecule has 0 radical (unpaired) electrons. The van der Waals surface area contributed by atoms with E-state index in [2.05, 4.69) is 0 Å². The van der Waals surface area contributed by atoms with Gasteiger partial charge in [-0.05, 0) is 0 Å². The number of hydrogen-bond acceptors (Lipinski definition) is 1. The van der Waals surface area contributed by atoms with Gasteiger partial charge in [-0.2, -0.15) is 0 Å². The first kappa shape index (κ1) is 10.3. The van der Waals surface area contributed by atoms with Crippen LogP contribution in [0.5, 0.6) is 0 Å². The van der Waals surface area contributed by atoms with Crippen LogP contribution in [-0.2, 0) is 18.2 Å². The Kier molecular flexibility index (Phi) is 5.67. The number of hydrogen-bond donors (Lipinski definition) is 0. The van der Waals surface area contributed by atoms with Crippen LogP contribution in [0.3, 0.4) is 0 Å². The third-order valence-corrected chi connectivity index (χ3v) is 4.56. The molecule has 0 atom stereocenters. The molecule has 0 rings (SSSR count). The number of carbonyl (C=O) groups is 1. The Hall–Kier alpha value is 1.25. The predicted molar refractivity (Wildman–Crippen MR) is 37.7 cm³/mol. The molecule has 0 aliphatic rings. The van der Waals surface area contributed by atoms with Crippen molar-refractivity contribution in [1.82, 2.24) is 0 Å². The van der Waals surface area contributed by atoms with Gasteiger partial charge in [0.15, 0.2) is 0 Å². The molecular weight excluding hydrogens is 218 g/mol. The number of halogens is 3. The number of carbonyl (C=O) groups excluding carboxylic acids is 1. The van der Waals surface area contributed by atoms with Gasteiger partial charge in [-0.3, -0.25) is 0 Å². The summed E-state index contributed by atoms with van der Waals surface area (Å²) in [5.74, 6) is 0. The van der Waals surface area contributed by atoms with Gasteiger partial charge >= 0.3 is 70.0 Å². The van der Waals surface area contributed by atoms with Gasteiger partial charge in [0.1, 0.15) is 0 Å². The van der Waals surface area contributed by atoms with Crippen molar-refractivity contribution in [2.45, 2.75) is 17.6 Å². The van der Waals surface area contributed by atoms with Gasteiger partial charge in [0, 0.05) is 0 Å². The summed E-state index contributed by atoms with van der Waals surface area (Å²) in [7, 11) is 16.7. The third kappa shape index (κ3) is 9.25. The molecule has 0 aliphatic carbocycles. The standard InChI is InChI=1S/C4H7O.3ClH.Ti/c1-2-3-4-5;;;;/h4H,1-3H2;3*1H;/q;;;;+3/p-3. The topological polar surface area (TPSA) is 17.1 Å². The van der Waals surface area contributed by atoms with Gasteiger partial charge in [0.05, 0.1) is 0 Å². The van der Waals surface area contributed by atoms with Crippen molar-refractivity contribution >= 4 is 34.2 Å². The molecule has 0 aromatic rings. The molecule has 1 nitrogen and oxygen atoms in total. The Bertz CT molecular complexity index is 90.3. The Morgan fingerprint density at radius 2 is 1.89 bits per heavy atom. The minimum atomic E-state index is -2.87. The van der Waals surface area contributed by atoms with Crippen LogP contribution in [-0.4, -0.2) is 6.29 Å². The molecule has 9 heavy (non-hydrogen) atoms. The summed E-state index contributed by atoms with van der Waals surface area (Å²) in [6, 6.07) is 0. The molecule has 0 aromatic heterocycles. The zero-order chi connectivity index (χ0) is 7.33. The maximum atomic E-state index is 9.78. The quantitative estimate of drug-likeness (QED) is 0.408. The van der Waals surface area contributed by atoms with Crippen molar-refractivity contribution in [2.75, 3.05) is 0 Å². The van der Waals surface area contributed by atoms with E-state index in [0.29, 0.717) is 11.1 Å². The van der Waals surface area contributed by atoms with E-state index < -0.39 is 13.4 Å². The van der Waals surface area contributed by atoms with Crippen molar-refractivity contribution < 1.29 is 18.2 Å². The molecule has 0 amide bonds. The first-order valence-electron chi connectivity index (χ1n) is 2.56. The van der Waals surface area contributed by atoms with Crippen LogP contribution in [0.2, 0.25) is 4.73 Å². The molecule has 0 spiro atoms. The van der Waals surface area contributed by atoms with E-state index >= 15 is 0 Å². The monoisotopic (exact) mass is 224 g/mol. The van der Waals surface area contributed by atoms with Gasteiger partial charge in [-0.25, -0.2) is 0 Å². The SMILES string of the molecule is O=CCC[CH2][Ti]([Cl])([Cl])[Cl]. The molecule has 0 bridgehead atoms. The Morgan fingerprint density at radius 3 is 2.22 bits per heavy atom. The molecule has 0 saturated carbocycles. The molecular formula is C4H7Cl3OTi. The first-order chi connectivity index (χ1) is 4.06. The molecule has 0 heterocycles. The van der Waals surface area contributed by atoms with Gasteiger partial charge < -0.3 is 0 Å². The summed E-state index contributed by atoms with van der Waals surface area (Å²) in [5.41, 5.74) is 0. The fraction of sp³-hybridized carbons (Fsp3) is 0.750. The second-order valence-electron chi connectivity index (χ2n) is 1.67. The summed E-state index contributed by atoms with van der Waals surface area (Å²) >= 11 is -2.87. The summed E-state index contributed by atoms with van der Waals surface area (Å²) in [6.45, 7) is 0. The molecule has 0 N–H and O–H groups in total. The zero-order valence-electron chi connectivity index (χ0n) is 4.74. The summed E-state index contributed by atoms with van der Waals surface area (Å²) in [4.78, 5) is 9.78.